The number of nitrogens with one attached hydrogen (secondary N) is 1. The highest BCUT2D eigenvalue weighted by Crippen LogP contribution is 2.21. The zero-order valence-corrected chi connectivity index (χ0v) is 12.7. The summed E-state index contributed by atoms with van der Waals surface area (Å²) in [6.07, 6.45) is 7.90. The van der Waals surface area contributed by atoms with E-state index in [4.69, 9.17) is 0 Å². The molecule has 1 N–H and O–H groups in total. The summed E-state index contributed by atoms with van der Waals surface area (Å²) < 4.78 is 2.91. The van der Waals surface area contributed by atoms with E-state index < -0.39 is 0 Å². The van der Waals surface area contributed by atoms with Crippen molar-refractivity contribution in [1.82, 2.24) is 15.1 Å². The summed E-state index contributed by atoms with van der Waals surface area (Å²) in [5, 5.41) is 8.94. The number of thiophene rings is 1. The molecule has 100 valence electrons. The van der Waals surface area contributed by atoms with Gasteiger partial charge >= 0.3 is 0 Å². The lowest BCUT2D eigenvalue weighted by Crippen LogP contribution is -2.23. The van der Waals surface area contributed by atoms with Gasteiger partial charge in [0.15, 0.2) is 0 Å². The summed E-state index contributed by atoms with van der Waals surface area (Å²) in [5.41, 5.74) is 1.03. The Balaban J connectivity index is 1.66. The molecule has 0 saturated heterocycles. The van der Waals surface area contributed by atoms with E-state index in [1.165, 1.54) is 0 Å². The van der Waals surface area contributed by atoms with Crippen molar-refractivity contribution in [3.63, 3.8) is 0 Å². The molecule has 0 aliphatic rings. The van der Waals surface area contributed by atoms with Gasteiger partial charge in [-0.1, -0.05) is 0 Å². The Hall–Kier alpha value is -1.40. The molecule has 0 spiro atoms. The third-order valence-corrected chi connectivity index (χ3v) is 3.96. The highest BCUT2D eigenvalue weighted by Gasteiger charge is 1.97. The maximum Gasteiger partial charge on any atom is 0.244 e. The largest absolute Gasteiger partial charge is 0.352 e. The van der Waals surface area contributed by atoms with Gasteiger partial charge in [-0.15, -0.1) is 11.3 Å². The van der Waals surface area contributed by atoms with Crippen LogP contribution >= 0.6 is 27.3 Å². The Bertz CT molecular complexity index is 548. The first-order valence-corrected chi connectivity index (χ1v) is 7.59. The smallest absolute Gasteiger partial charge is 0.244 e. The summed E-state index contributed by atoms with van der Waals surface area (Å²) >= 11 is 4.99. The fourth-order valence-electron chi connectivity index (χ4n) is 1.53. The second kappa shape index (κ2) is 7.25. The van der Waals surface area contributed by atoms with Gasteiger partial charge in [-0.2, -0.15) is 5.10 Å². The monoisotopic (exact) mass is 339 g/mol. The van der Waals surface area contributed by atoms with Gasteiger partial charge in [0.1, 0.15) is 0 Å². The molecule has 0 aliphatic carbocycles. The molecule has 19 heavy (non-hydrogen) atoms. The minimum atomic E-state index is -0.0669. The van der Waals surface area contributed by atoms with E-state index in [0.717, 1.165) is 22.3 Å². The lowest BCUT2D eigenvalue weighted by molar-refractivity contribution is -0.116. The summed E-state index contributed by atoms with van der Waals surface area (Å²) in [7, 11) is 0. The quantitative estimate of drug-likeness (QED) is 0.649. The molecule has 0 radical (unpaired) electrons. The summed E-state index contributed by atoms with van der Waals surface area (Å²) in [4.78, 5) is 11.6. The fraction of sp³-hybridized carbons (Fsp3) is 0.231. The van der Waals surface area contributed by atoms with E-state index in [0.29, 0.717) is 6.54 Å². The van der Waals surface area contributed by atoms with Crippen LogP contribution in [0.4, 0.5) is 0 Å². The number of aromatic nitrogens is 2. The molecule has 0 bridgehead atoms. The standard InChI is InChI=1S/C13H14BrN3OS/c14-12-9-11(10-19-12)3-4-13(18)15-5-1-7-17-8-2-6-16-17/h2-4,6,8-10H,1,5,7H2,(H,15,18). The number of rotatable bonds is 6. The SMILES string of the molecule is O=C(C=Cc1csc(Br)c1)NCCCn1cccn1. The Morgan fingerprint density at radius 2 is 2.47 bits per heavy atom. The Morgan fingerprint density at radius 3 is 3.16 bits per heavy atom. The van der Waals surface area contributed by atoms with Crippen molar-refractivity contribution in [2.45, 2.75) is 13.0 Å². The first-order chi connectivity index (χ1) is 9.24. The first kappa shape index (κ1) is 14.0. The van der Waals surface area contributed by atoms with Crippen molar-refractivity contribution in [2.75, 3.05) is 6.54 Å². The first-order valence-electron chi connectivity index (χ1n) is 5.91. The van der Waals surface area contributed by atoms with Gasteiger partial charge in [0, 0.05) is 31.6 Å². The van der Waals surface area contributed by atoms with Crippen molar-refractivity contribution in [3.05, 3.63) is 45.3 Å². The second-order valence-corrected chi connectivity index (χ2v) is 6.22. The van der Waals surface area contributed by atoms with E-state index in [1.54, 1.807) is 23.6 Å². The van der Waals surface area contributed by atoms with Gasteiger partial charge in [0.2, 0.25) is 5.91 Å². The molecular weight excluding hydrogens is 326 g/mol. The van der Waals surface area contributed by atoms with Crippen molar-refractivity contribution in [3.8, 4) is 0 Å². The normalized spacial score (nSPS) is 11.0. The average Bonchev–Trinajstić information content (AvgIpc) is 3.03. The highest BCUT2D eigenvalue weighted by molar-refractivity contribution is 9.11. The van der Waals surface area contributed by atoms with Gasteiger partial charge < -0.3 is 5.32 Å². The summed E-state index contributed by atoms with van der Waals surface area (Å²) in [6.45, 7) is 1.46. The van der Waals surface area contributed by atoms with Crippen molar-refractivity contribution in [1.29, 1.82) is 0 Å². The van der Waals surface area contributed by atoms with E-state index in [2.05, 4.69) is 26.3 Å². The maximum atomic E-state index is 11.6. The molecule has 1 amide bonds. The molecule has 0 atom stereocenters. The van der Waals surface area contributed by atoms with Gasteiger partial charge in [-0.05, 0) is 51.5 Å². The van der Waals surface area contributed by atoms with Crippen molar-refractivity contribution >= 4 is 39.2 Å². The fourth-order valence-corrected chi connectivity index (χ4v) is 2.67. The van der Waals surface area contributed by atoms with Crippen LogP contribution in [0.1, 0.15) is 12.0 Å². The zero-order chi connectivity index (χ0) is 13.5. The van der Waals surface area contributed by atoms with E-state index in [9.17, 15) is 4.79 Å². The average molecular weight is 340 g/mol. The molecular formula is C13H14BrN3OS. The third kappa shape index (κ3) is 5.00. The predicted molar refractivity (Wildman–Crippen MR) is 80.9 cm³/mol. The van der Waals surface area contributed by atoms with Crippen LogP contribution in [-0.4, -0.2) is 22.2 Å². The van der Waals surface area contributed by atoms with Gasteiger partial charge in [-0.25, -0.2) is 0 Å². The molecule has 2 aromatic rings. The molecule has 4 nitrogen and oxygen atoms in total. The minimum Gasteiger partial charge on any atom is -0.352 e. The topological polar surface area (TPSA) is 46.9 Å². The maximum absolute atomic E-state index is 11.6. The molecule has 0 saturated carbocycles. The number of halogens is 1. The van der Waals surface area contributed by atoms with Crippen LogP contribution in [-0.2, 0) is 11.3 Å². The molecule has 2 aromatic heterocycles. The van der Waals surface area contributed by atoms with Crippen LogP contribution in [0.3, 0.4) is 0 Å². The Morgan fingerprint density at radius 1 is 1.58 bits per heavy atom. The minimum absolute atomic E-state index is 0.0669. The van der Waals surface area contributed by atoms with Crippen LogP contribution in [0.25, 0.3) is 6.08 Å². The van der Waals surface area contributed by atoms with Crippen molar-refractivity contribution in [2.24, 2.45) is 0 Å². The van der Waals surface area contributed by atoms with Gasteiger partial charge in [0.25, 0.3) is 0 Å². The van der Waals surface area contributed by atoms with E-state index in [-0.39, 0.29) is 5.91 Å². The summed E-state index contributed by atoms with van der Waals surface area (Å²) in [5.74, 6) is -0.0669. The number of amides is 1. The van der Waals surface area contributed by atoms with Crippen LogP contribution in [0, 0.1) is 0 Å². The number of carbonyl (C=O) groups excluding carboxylic acids is 1. The van der Waals surface area contributed by atoms with E-state index >= 15 is 0 Å². The lowest BCUT2D eigenvalue weighted by Gasteiger charge is -2.02. The van der Waals surface area contributed by atoms with Crippen LogP contribution in [0.15, 0.2) is 39.8 Å². The van der Waals surface area contributed by atoms with Gasteiger partial charge in [0.05, 0.1) is 3.79 Å². The Labute approximate surface area is 124 Å². The Kier molecular flexibility index (Phi) is 5.35. The highest BCUT2D eigenvalue weighted by atomic mass is 79.9. The molecule has 2 rings (SSSR count). The second-order valence-electron chi connectivity index (χ2n) is 3.93. The molecule has 0 unspecified atom stereocenters. The van der Waals surface area contributed by atoms with Crippen LogP contribution in [0.5, 0.6) is 0 Å². The predicted octanol–water partition coefficient (Wildman–Crippen LogP) is 2.93. The molecule has 0 fully saturated rings. The zero-order valence-electron chi connectivity index (χ0n) is 10.3. The molecule has 0 aromatic carbocycles. The van der Waals surface area contributed by atoms with E-state index in [1.807, 2.05) is 34.5 Å². The lowest BCUT2D eigenvalue weighted by atomic mass is 10.3. The molecule has 0 aliphatic heterocycles. The number of aryl methyl sites for hydroxylation is 1. The molecule has 2 heterocycles. The number of hydrogen-bond acceptors (Lipinski definition) is 3. The number of hydrogen-bond donors (Lipinski definition) is 1. The third-order valence-electron chi connectivity index (χ3n) is 2.44. The van der Waals surface area contributed by atoms with Crippen LogP contribution < -0.4 is 5.32 Å². The molecule has 6 heteroatoms. The summed E-state index contributed by atoms with van der Waals surface area (Å²) in [6, 6.07) is 3.87. The van der Waals surface area contributed by atoms with Gasteiger partial charge in [-0.3, -0.25) is 9.48 Å². The number of carbonyl (C=O) groups is 1. The van der Waals surface area contributed by atoms with Crippen molar-refractivity contribution < 1.29 is 4.79 Å². The van der Waals surface area contributed by atoms with Crippen LogP contribution in [0.2, 0.25) is 0 Å². The number of nitrogens with zero attached hydrogens (tertiary/aromatic N) is 2.